The summed E-state index contributed by atoms with van der Waals surface area (Å²) in [6.45, 7) is 0.793. The predicted molar refractivity (Wildman–Crippen MR) is 89.8 cm³/mol. The molecule has 2 amide bonds. The average Bonchev–Trinajstić information content (AvgIpc) is 2.63. The van der Waals surface area contributed by atoms with Crippen LogP contribution >= 0.6 is 0 Å². The molecule has 6 nitrogen and oxygen atoms in total. The summed E-state index contributed by atoms with van der Waals surface area (Å²) in [5.41, 5.74) is 3.07. The maximum absolute atomic E-state index is 12.3. The van der Waals surface area contributed by atoms with Crippen LogP contribution in [0.1, 0.15) is 37.7 Å². The van der Waals surface area contributed by atoms with E-state index < -0.39 is 5.91 Å². The SMILES string of the molecule is O=C(/C=C/c1ccc2c(c1)N(CC1CCCCC1)C(=O)CO2)NO. The number of hydrogen-bond acceptors (Lipinski definition) is 4. The molecule has 0 atom stereocenters. The molecule has 0 spiro atoms. The van der Waals surface area contributed by atoms with Crippen LogP contribution in [0.5, 0.6) is 5.75 Å². The molecule has 6 heteroatoms. The van der Waals surface area contributed by atoms with Gasteiger partial charge in [0.05, 0.1) is 5.69 Å². The van der Waals surface area contributed by atoms with Gasteiger partial charge in [-0.3, -0.25) is 14.8 Å². The van der Waals surface area contributed by atoms with Crippen molar-refractivity contribution in [2.45, 2.75) is 32.1 Å². The molecule has 1 aromatic carbocycles. The van der Waals surface area contributed by atoms with E-state index in [-0.39, 0.29) is 12.5 Å². The molecular formula is C18H22N2O4. The lowest BCUT2D eigenvalue weighted by Crippen LogP contribution is -2.42. The fourth-order valence-corrected chi connectivity index (χ4v) is 3.36. The van der Waals surface area contributed by atoms with Crippen LogP contribution in [-0.4, -0.2) is 30.2 Å². The molecule has 128 valence electrons. The lowest BCUT2D eigenvalue weighted by molar-refractivity contribution is -0.124. The molecule has 1 fully saturated rings. The number of anilines is 1. The van der Waals surface area contributed by atoms with E-state index in [4.69, 9.17) is 9.94 Å². The second-order valence-electron chi connectivity index (χ2n) is 6.33. The highest BCUT2D eigenvalue weighted by atomic mass is 16.5. The topological polar surface area (TPSA) is 78.9 Å². The van der Waals surface area contributed by atoms with Crippen LogP contribution < -0.4 is 15.1 Å². The molecule has 1 saturated carbocycles. The van der Waals surface area contributed by atoms with E-state index in [1.54, 1.807) is 11.6 Å². The zero-order valence-electron chi connectivity index (χ0n) is 13.5. The Labute approximate surface area is 141 Å². The molecule has 0 aromatic heterocycles. The van der Waals surface area contributed by atoms with E-state index in [2.05, 4.69) is 0 Å². The molecule has 2 aliphatic rings. The number of nitrogens with zero attached hydrogens (tertiary/aromatic N) is 1. The van der Waals surface area contributed by atoms with E-state index in [0.717, 1.165) is 30.6 Å². The minimum Gasteiger partial charge on any atom is -0.482 e. The number of rotatable bonds is 4. The van der Waals surface area contributed by atoms with Gasteiger partial charge in [-0.15, -0.1) is 0 Å². The van der Waals surface area contributed by atoms with E-state index in [1.165, 1.54) is 25.3 Å². The maximum Gasteiger partial charge on any atom is 0.267 e. The van der Waals surface area contributed by atoms with Crippen molar-refractivity contribution < 1.29 is 19.5 Å². The molecule has 24 heavy (non-hydrogen) atoms. The second-order valence-corrected chi connectivity index (χ2v) is 6.33. The number of hydrogen-bond donors (Lipinski definition) is 2. The minimum atomic E-state index is -0.598. The number of benzene rings is 1. The molecule has 1 aliphatic heterocycles. The third-order valence-corrected chi connectivity index (χ3v) is 4.63. The number of fused-ring (bicyclic) bond motifs is 1. The van der Waals surface area contributed by atoms with Gasteiger partial charge in [0.25, 0.3) is 11.8 Å². The van der Waals surface area contributed by atoms with Crippen molar-refractivity contribution in [3.63, 3.8) is 0 Å². The Bertz CT molecular complexity index is 650. The molecule has 2 N–H and O–H groups in total. The van der Waals surface area contributed by atoms with Crippen LogP contribution in [0.3, 0.4) is 0 Å². The molecule has 1 aromatic rings. The summed E-state index contributed by atoms with van der Waals surface area (Å²) in [5.74, 6) is 0.601. The normalized spacial score (nSPS) is 18.4. The van der Waals surface area contributed by atoms with Crippen LogP contribution in [0.4, 0.5) is 5.69 Å². The highest BCUT2D eigenvalue weighted by molar-refractivity contribution is 5.98. The van der Waals surface area contributed by atoms with Crippen molar-refractivity contribution in [3.8, 4) is 5.75 Å². The van der Waals surface area contributed by atoms with E-state index in [0.29, 0.717) is 11.7 Å². The average molecular weight is 330 g/mol. The van der Waals surface area contributed by atoms with E-state index >= 15 is 0 Å². The number of carbonyl (C=O) groups excluding carboxylic acids is 2. The highest BCUT2D eigenvalue weighted by Gasteiger charge is 2.28. The fraction of sp³-hybridized carbons (Fsp3) is 0.444. The lowest BCUT2D eigenvalue weighted by Gasteiger charge is -2.33. The van der Waals surface area contributed by atoms with Gasteiger partial charge in [0.15, 0.2) is 6.61 Å². The van der Waals surface area contributed by atoms with E-state index in [9.17, 15) is 9.59 Å². The monoisotopic (exact) mass is 330 g/mol. The van der Waals surface area contributed by atoms with Gasteiger partial charge in [-0.1, -0.05) is 25.3 Å². The lowest BCUT2D eigenvalue weighted by atomic mass is 9.88. The summed E-state index contributed by atoms with van der Waals surface area (Å²) in [4.78, 5) is 25.3. The summed E-state index contributed by atoms with van der Waals surface area (Å²) < 4.78 is 5.52. The van der Waals surface area contributed by atoms with Crippen LogP contribution in [0.25, 0.3) is 6.08 Å². The zero-order chi connectivity index (χ0) is 16.9. The number of amides is 2. The van der Waals surface area contributed by atoms with Gasteiger partial charge in [-0.25, -0.2) is 5.48 Å². The first kappa shape index (κ1) is 16.5. The summed E-state index contributed by atoms with van der Waals surface area (Å²) >= 11 is 0. The zero-order valence-corrected chi connectivity index (χ0v) is 13.5. The Morgan fingerprint density at radius 2 is 2.12 bits per heavy atom. The molecular weight excluding hydrogens is 308 g/mol. The van der Waals surface area contributed by atoms with Gasteiger partial charge in [0.2, 0.25) is 0 Å². The van der Waals surface area contributed by atoms with Crippen molar-refractivity contribution in [3.05, 3.63) is 29.8 Å². The standard InChI is InChI=1S/C18H22N2O4/c21-17(19-23)9-7-13-6-8-16-15(10-13)20(18(22)12-24-16)11-14-4-2-1-3-5-14/h6-10,14,23H,1-5,11-12H2,(H,19,21)/b9-7+. The van der Waals surface area contributed by atoms with Crippen LogP contribution in [-0.2, 0) is 9.59 Å². The Morgan fingerprint density at radius 1 is 1.33 bits per heavy atom. The summed E-state index contributed by atoms with van der Waals surface area (Å²) in [7, 11) is 0. The summed E-state index contributed by atoms with van der Waals surface area (Å²) in [6.07, 6.45) is 8.89. The van der Waals surface area contributed by atoms with Gasteiger partial charge < -0.3 is 9.64 Å². The second kappa shape index (κ2) is 7.49. The van der Waals surface area contributed by atoms with Crippen molar-refractivity contribution in [2.24, 2.45) is 5.92 Å². The summed E-state index contributed by atoms with van der Waals surface area (Å²) in [5, 5.41) is 8.54. The third-order valence-electron chi connectivity index (χ3n) is 4.63. The van der Waals surface area contributed by atoms with Gasteiger partial charge >= 0.3 is 0 Å². The molecule has 0 radical (unpaired) electrons. The molecule has 3 rings (SSSR count). The molecule has 0 saturated heterocycles. The molecule has 1 aliphatic carbocycles. The number of nitrogens with one attached hydrogen (secondary N) is 1. The van der Waals surface area contributed by atoms with Crippen LogP contribution in [0.15, 0.2) is 24.3 Å². The quantitative estimate of drug-likeness (QED) is 0.505. The smallest absolute Gasteiger partial charge is 0.267 e. The van der Waals surface area contributed by atoms with Gasteiger partial charge in [-0.05, 0) is 42.5 Å². The van der Waals surface area contributed by atoms with E-state index in [1.807, 2.05) is 23.1 Å². The fourth-order valence-electron chi connectivity index (χ4n) is 3.36. The Morgan fingerprint density at radius 3 is 2.88 bits per heavy atom. The third kappa shape index (κ3) is 3.76. The molecule has 0 unspecified atom stereocenters. The maximum atomic E-state index is 12.3. The summed E-state index contributed by atoms with van der Waals surface area (Å²) in [6, 6.07) is 5.47. The largest absolute Gasteiger partial charge is 0.482 e. The van der Waals surface area contributed by atoms with Gasteiger partial charge in [-0.2, -0.15) is 0 Å². The Kier molecular flexibility index (Phi) is 5.15. The Hall–Kier alpha value is -2.34. The molecule has 0 bridgehead atoms. The van der Waals surface area contributed by atoms with Crippen molar-refractivity contribution in [2.75, 3.05) is 18.1 Å². The number of carbonyl (C=O) groups is 2. The number of ether oxygens (including phenoxy) is 1. The Balaban J connectivity index is 1.82. The van der Waals surface area contributed by atoms with Crippen molar-refractivity contribution >= 4 is 23.6 Å². The highest BCUT2D eigenvalue weighted by Crippen LogP contribution is 2.35. The minimum absolute atomic E-state index is 0.0256. The van der Waals surface area contributed by atoms with Gasteiger partial charge in [0, 0.05) is 12.6 Å². The predicted octanol–water partition coefficient (Wildman–Crippen LogP) is 2.51. The first-order chi connectivity index (χ1) is 11.7. The van der Waals surface area contributed by atoms with Crippen LogP contribution in [0, 0.1) is 5.92 Å². The van der Waals surface area contributed by atoms with Crippen LogP contribution in [0.2, 0.25) is 0 Å². The van der Waals surface area contributed by atoms with Crippen molar-refractivity contribution in [1.29, 1.82) is 0 Å². The first-order valence-corrected chi connectivity index (χ1v) is 8.37. The first-order valence-electron chi connectivity index (χ1n) is 8.37. The van der Waals surface area contributed by atoms with Gasteiger partial charge in [0.1, 0.15) is 5.75 Å². The van der Waals surface area contributed by atoms with Crippen molar-refractivity contribution in [1.82, 2.24) is 5.48 Å². The molecule has 1 heterocycles. The number of hydroxylamine groups is 1.